The molecule has 2 heterocycles. The number of likely N-dealkylation sites (tertiary alicyclic amines) is 1. The summed E-state index contributed by atoms with van der Waals surface area (Å²) in [7, 11) is 2.00. The normalized spacial score (nSPS) is 18.8. The highest BCUT2D eigenvalue weighted by Crippen LogP contribution is 2.23. The first-order valence-corrected chi connectivity index (χ1v) is 12.1. The molecule has 8 heteroatoms. The smallest absolute Gasteiger partial charge is 0.410 e. The van der Waals surface area contributed by atoms with Crippen LogP contribution in [0, 0.1) is 11.3 Å². The topological polar surface area (TPSA) is 94.9 Å². The number of nitriles is 1. The minimum Gasteiger partial charge on any atom is -0.436 e. The molecule has 1 N–H and O–H groups in total. The van der Waals surface area contributed by atoms with Crippen LogP contribution >= 0.6 is 0 Å². The molecule has 35 heavy (non-hydrogen) atoms. The van der Waals surface area contributed by atoms with Crippen LogP contribution in [0.15, 0.2) is 54.6 Å². The Balaban J connectivity index is 1.50. The van der Waals surface area contributed by atoms with E-state index in [0.29, 0.717) is 52.2 Å². The molecular weight excluding hydrogens is 444 g/mol. The molecule has 0 radical (unpaired) electrons. The van der Waals surface area contributed by atoms with Gasteiger partial charge in [-0.25, -0.2) is 4.79 Å². The largest absolute Gasteiger partial charge is 0.436 e. The molecular formula is C27H32N4O4. The molecule has 0 saturated carbocycles. The van der Waals surface area contributed by atoms with Crippen LogP contribution in [0.1, 0.15) is 18.4 Å². The zero-order valence-corrected chi connectivity index (χ0v) is 20.1. The number of rotatable bonds is 6. The highest BCUT2D eigenvalue weighted by Gasteiger charge is 2.38. The number of hydrogen-bond donors (Lipinski definition) is 1. The van der Waals surface area contributed by atoms with Crippen molar-refractivity contribution in [2.45, 2.75) is 30.9 Å². The average molecular weight is 477 g/mol. The molecule has 1 atom stereocenters. The van der Waals surface area contributed by atoms with Crippen molar-refractivity contribution in [2.75, 3.05) is 46.4 Å². The monoisotopic (exact) mass is 476 g/mol. The highest BCUT2D eigenvalue weighted by molar-refractivity contribution is 5.85. The lowest BCUT2D eigenvalue weighted by Gasteiger charge is -2.37. The van der Waals surface area contributed by atoms with Crippen LogP contribution < -0.4 is 5.32 Å². The van der Waals surface area contributed by atoms with Gasteiger partial charge in [0.15, 0.2) is 6.10 Å². The molecule has 2 fully saturated rings. The van der Waals surface area contributed by atoms with Crippen molar-refractivity contribution in [1.29, 1.82) is 5.26 Å². The molecule has 2 amide bonds. The van der Waals surface area contributed by atoms with Gasteiger partial charge in [-0.1, -0.05) is 54.6 Å². The number of amides is 2. The summed E-state index contributed by atoms with van der Waals surface area (Å²) >= 11 is 0. The van der Waals surface area contributed by atoms with Gasteiger partial charge in [0.1, 0.15) is 5.54 Å². The quantitative estimate of drug-likeness (QED) is 0.689. The number of ether oxygens (including phenoxy) is 2. The first kappa shape index (κ1) is 24.7. The van der Waals surface area contributed by atoms with E-state index >= 15 is 0 Å². The van der Waals surface area contributed by atoms with Gasteiger partial charge < -0.3 is 24.6 Å². The fourth-order valence-corrected chi connectivity index (χ4v) is 4.39. The van der Waals surface area contributed by atoms with Gasteiger partial charge in [-0.15, -0.1) is 0 Å². The van der Waals surface area contributed by atoms with E-state index in [1.807, 2.05) is 61.6 Å². The van der Waals surface area contributed by atoms with Crippen molar-refractivity contribution in [1.82, 2.24) is 15.1 Å². The lowest BCUT2D eigenvalue weighted by atomic mass is 9.88. The minimum absolute atomic E-state index is 0.221. The predicted molar refractivity (Wildman–Crippen MR) is 131 cm³/mol. The fraction of sp³-hybridized carbons (Fsp3) is 0.444. The van der Waals surface area contributed by atoms with Gasteiger partial charge in [0.05, 0.1) is 19.3 Å². The van der Waals surface area contributed by atoms with Gasteiger partial charge in [0.2, 0.25) is 0 Å². The third-order valence-corrected chi connectivity index (χ3v) is 6.70. The van der Waals surface area contributed by atoms with E-state index in [4.69, 9.17) is 9.47 Å². The van der Waals surface area contributed by atoms with Crippen LogP contribution in [0.3, 0.4) is 0 Å². The Bertz CT molecular complexity index is 1040. The summed E-state index contributed by atoms with van der Waals surface area (Å²) in [6.07, 6.45) is -0.302. The first-order valence-electron chi connectivity index (χ1n) is 12.1. The molecule has 2 saturated heterocycles. The second kappa shape index (κ2) is 11.3. The summed E-state index contributed by atoms with van der Waals surface area (Å²) in [5.74, 6) is -0.440. The summed E-state index contributed by atoms with van der Waals surface area (Å²) in [6.45, 7) is 3.16. The third kappa shape index (κ3) is 6.38. The molecule has 0 aliphatic carbocycles. The summed E-state index contributed by atoms with van der Waals surface area (Å²) in [5, 5.41) is 12.8. The molecule has 0 unspecified atom stereocenters. The summed E-state index contributed by atoms with van der Waals surface area (Å²) in [5.41, 5.74) is 2.08. The van der Waals surface area contributed by atoms with E-state index in [1.165, 1.54) is 0 Å². The Hall–Kier alpha value is -3.41. The molecule has 4 rings (SSSR count). The van der Waals surface area contributed by atoms with Gasteiger partial charge in [0.25, 0.3) is 5.91 Å². The molecule has 2 aliphatic heterocycles. The first-order chi connectivity index (χ1) is 17.0. The molecule has 2 aromatic carbocycles. The van der Waals surface area contributed by atoms with Gasteiger partial charge in [-0.2, -0.15) is 5.26 Å². The number of nitrogens with zero attached hydrogens (tertiary/aromatic N) is 3. The lowest BCUT2D eigenvalue weighted by molar-refractivity contribution is -0.132. The van der Waals surface area contributed by atoms with Crippen LogP contribution in [0.5, 0.6) is 0 Å². The van der Waals surface area contributed by atoms with Crippen LogP contribution in [-0.4, -0.2) is 79.9 Å². The Kier molecular flexibility index (Phi) is 8.01. The zero-order valence-electron chi connectivity index (χ0n) is 20.1. The minimum atomic E-state index is -1.04. The van der Waals surface area contributed by atoms with E-state index in [0.717, 1.165) is 16.7 Å². The summed E-state index contributed by atoms with van der Waals surface area (Å²) < 4.78 is 11.0. The number of piperidine rings is 1. The van der Waals surface area contributed by atoms with Crippen molar-refractivity contribution in [3.63, 3.8) is 0 Å². The van der Waals surface area contributed by atoms with Gasteiger partial charge in [-0.05, 0) is 36.6 Å². The fourth-order valence-electron chi connectivity index (χ4n) is 4.39. The van der Waals surface area contributed by atoms with Gasteiger partial charge in [0, 0.05) is 32.6 Å². The number of hydrogen-bond acceptors (Lipinski definition) is 6. The highest BCUT2D eigenvalue weighted by atomic mass is 16.6. The summed E-state index contributed by atoms with van der Waals surface area (Å²) in [6, 6.07) is 20.2. The number of carbonyl (C=O) groups is 2. The molecule has 8 nitrogen and oxygen atoms in total. The Labute approximate surface area is 206 Å². The maximum atomic E-state index is 13.4. The van der Waals surface area contributed by atoms with Crippen LogP contribution in [0.25, 0.3) is 11.1 Å². The molecule has 0 spiro atoms. The Morgan fingerprint density at radius 1 is 1.03 bits per heavy atom. The Morgan fingerprint density at radius 3 is 2.29 bits per heavy atom. The van der Waals surface area contributed by atoms with E-state index in [1.54, 1.807) is 4.90 Å². The van der Waals surface area contributed by atoms with Crippen molar-refractivity contribution in [2.24, 2.45) is 0 Å². The molecule has 0 bridgehead atoms. The third-order valence-electron chi connectivity index (χ3n) is 6.70. The maximum Gasteiger partial charge on any atom is 0.410 e. The van der Waals surface area contributed by atoms with Crippen molar-refractivity contribution >= 4 is 12.0 Å². The van der Waals surface area contributed by atoms with E-state index in [9.17, 15) is 14.9 Å². The number of benzene rings is 2. The van der Waals surface area contributed by atoms with Crippen molar-refractivity contribution < 1.29 is 19.1 Å². The number of carbonyl (C=O) groups excluding carboxylic acids is 2. The average Bonchev–Trinajstić information content (AvgIpc) is 2.91. The van der Waals surface area contributed by atoms with Crippen molar-refractivity contribution in [3.05, 3.63) is 60.2 Å². The van der Waals surface area contributed by atoms with Crippen molar-refractivity contribution in [3.8, 4) is 17.2 Å². The second-order valence-corrected chi connectivity index (χ2v) is 9.23. The maximum absolute atomic E-state index is 13.4. The zero-order chi connectivity index (χ0) is 24.7. The standard InChI is InChI=1S/C27H32N4O4/c1-30-13-11-27(20-28,12-14-30)29-25(32)24(35-26(33)31-15-17-34-18-16-31)19-21-7-9-23(10-8-21)22-5-3-2-4-6-22/h2-10,24H,11-19H2,1H3,(H,29,32)/t24-/m0/s1. The van der Waals surface area contributed by atoms with E-state index < -0.39 is 23.6 Å². The molecule has 2 aliphatic rings. The molecule has 2 aromatic rings. The Morgan fingerprint density at radius 2 is 1.66 bits per heavy atom. The molecule has 0 aromatic heterocycles. The number of nitrogens with one attached hydrogen (secondary N) is 1. The van der Waals surface area contributed by atoms with E-state index in [-0.39, 0.29) is 6.42 Å². The molecule has 184 valence electrons. The van der Waals surface area contributed by atoms with Gasteiger partial charge >= 0.3 is 6.09 Å². The number of morpholine rings is 1. The van der Waals surface area contributed by atoms with Gasteiger partial charge in [-0.3, -0.25) is 4.79 Å². The summed E-state index contributed by atoms with van der Waals surface area (Å²) in [4.78, 5) is 29.9. The van der Waals surface area contributed by atoms with Crippen LogP contribution in [0.4, 0.5) is 4.79 Å². The van der Waals surface area contributed by atoms with Crippen LogP contribution in [-0.2, 0) is 20.7 Å². The van der Waals surface area contributed by atoms with Crippen LogP contribution in [0.2, 0.25) is 0 Å². The lowest BCUT2D eigenvalue weighted by Crippen LogP contribution is -2.57. The predicted octanol–water partition coefficient (Wildman–Crippen LogP) is 2.84. The van der Waals surface area contributed by atoms with E-state index in [2.05, 4.69) is 16.3 Å². The SMILES string of the molecule is CN1CCC(C#N)(NC(=O)[C@H](Cc2ccc(-c3ccccc3)cc2)OC(=O)N2CCOCC2)CC1. The second-order valence-electron chi connectivity index (χ2n) is 9.23.